The number of methoxy groups -OCH3 is 2. The van der Waals surface area contributed by atoms with Crippen molar-refractivity contribution < 1.29 is 28.7 Å². The lowest BCUT2D eigenvalue weighted by Crippen LogP contribution is -2.52. The first kappa shape index (κ1) is 37.7. The molecule has 1 aromatic carbocycles. The Labute approximate surface area is 259 Å². The van der Waals surface area contributed by atoms with E-state index in [9.17, 15) is 19.2 Å². The summed E-state index contributed by atoms with van der Waals surface area (Å²) < 4.78 is 10.7. The number of hydrogen-bond donors (Lipinski definition) is 2. The molecular formula is C34H55N3O6. The van der Waals surface area contributed by atoms with Crippen LogP contribution >= 0.6 is 0 Å². The SMILES string of the molecule is C=CCC(C[C@@H](C=O)NC(=O)[C@H](CC(C)C)NC(=O)C(CCC)CCCCC)C(=O)N(C)Cc1ccc(OC)cc1OC. The number of rotatable bonds is 22. The molecule has 1 aromatic rings. The first-order valence-corrected chi connectivity index (χ1v) is 15.7. The standard InChI is InChI=1S/C34H55N3O6/c1-9-12-13-16-25(14-10-2)32(39)36-30(19-24(4)5)33(40)35-28(23-38)20-26(15-11-3)34(41)37(6)22-27-17-18-29(42-7)21-31(27)43-8/h11,17-18,21,23-26,28,30H,3,9-10,12-16,19-20,22H2,1-2,4-8H3,(H,35,40)(H,36,39)/t25?,26?,28-,30-/m0/s1. The van der Waals surface area contributed by atoms with Crippen molar-refractivity contribution in [2.45, 2.75) is 104 Å². The Morgan fingerprint density at radius 2 is 1.67 bits per heavy atom. The van der Waals surface area contributed by atoms with E-state index in [-0.39, 0.29) is 36.6 Å². The first-order chi connectivity index (χ1) is 20.5. The summed E-state index contributed by atoms with van der Waals surface area (Å²) in [5.41, 5.74) is 0.806. The number of carbonyl (C=O) groups is 4. The second kappa shape index (κ2) is 20.5. The number of carbonyl (C=O) groups excluding carboxylic acids is 4. The van der Waals surface area contributed by atoms with Gasteiger partial charge in [0.1, 0.15) is 23.8 Å². The predicted octanol–water partition coefficient (Wildman–Crippen LogP) is 5.46. The minimum atomic E-state index is -0.895. The third kappa shape index (κ3) is 13.2. The van der Waals surface area contributed by atoms with Gasteiger partial charge in [-0.05, 0) is 50.2 Å². The highest BCUT2D eigenvalue weighted by Crippen LogP contribution is 2.26. The minimum Gasteiger partial charge on any atom is -0.497 e. The van der Waals surface area contributed by atoms with Gasteiger partial charge in [0.2, 0.25) is 17.7 Å². The highest BCUT2D eigenvalue weighted by molar-refractivity contribution is 5.90. The Hall–Kier alpha value is -3.36. The van der Waals surface area contributed by atoms with Gasteiger partial charge in [-0.15, -0.1) is 6.58 Å². The maximum atomic E-state index is 13.5. The topological polar surface area (TPSA) is 114 Å². The molecular weight excluding hydrogens is 546 g/mol. The van der Waals surface area contributed by atoms with Gasteiger partial charge in [0, 0.05) is 37.1 Å². The molecule has 0 aliphatic heterocycles. The minimum absolute atomic E-state index is 0.113. The van der Waals surface area contributed by atoms with Crippen LogP contribution in [0.5, 0.6) is 11.5 Å². The molecule has 0 aliphatic carbocycles. The Morgan fingerprint density at radius 3 is 2.23 bits per heavy atom. The van der Waals surface area contributed by atoms with Crippen molar-refractivity contribution in [2.75, 3.05) is 21.3 Å². The number of aldehydes is 1. The molecule has 0 fully saturated rings. The number of benzene rings is 1. The lowest BCUT2D eigenvalue weighted by atomic mass is 9.93. The number of hydrogen-bond acceptors (Lipinski definition) is 6. The Kier molecular flexibility index (Phi) is 18.0. The molecule has 0 bridgehead atoms. The largest absolute Gasteiger partial charge is 0.497 e. The van der Waals surface area contributed by atoms with Crippen LogP contribution < -0.4 is 20.1 Å². The zero-order valence-corrected chi connectivity index (χ0v) is 27.4. The van der Waals surface area contributed by atoms with E-state index in [0.717, 1.165) is 44.1 Å². The van der Waals surface area contributed by atoms with Gasteiger partial charge in [-0.25, -0.2) is 0 Å². The van der Waals surface area contributed by atoms with Gasteiger partial charge in [-0.3, -0.25) is 14.4 Å². The van der Waals surface area contributed by atoms with E-state index in [1.807, 2.05) is 19.9 Å². The quantitative estimate of drug-likeness (QED) is 0.104. The number of unbranched alkanes of at least 4 members (excludes halogenated alkanes) is 2. The van der Waals surface area contributed by atoms with Gasteiger partial charge in [0.05, 0.1) is 20.3 Å². The highest BCUT2D eigenvalue weighted by atomic mass is 16.5. The summed E-state index contributed by atoms with van der Waals surface area (Å²) in [5, 5.41) is 5.78. The maximum Gasteiger partial charge on any atom is 0.243 e. The summed E-state index contributed by atoms with van der Waals surface area (Å²) in [7, 11) is 4.82. The van der Waals surface area contributed by atoms with Crippen LogP contribution in [0.2, 0.25) is 0 Å². The Morgan fingerprint density at radius 1 is 0.953 bits per heavy atom. The average molecular weight is 602 g/mol. The van der Waals surface area contributed by atoms with Crippen molar-refractivity contribution in [3.8, 4) is 11.5 Å². The second-order valence-electron chi connectivity index (χ2n) is 11.8. The first-order valence-electron chi connectivity index (χ1n) is 15.7. The molecule has 4 atom stereocenters. The van der Waals surface area contributed by atoms with E-state index in [2.05, 4.69) is 31.1 Å². The second-order valence-corrected chi connectivity index (χ2v) is 11.8. The van der Waals surface area contributed by atoms with Gasteiger partial charge in [-0.1, -0.05) is 59.5 Å². The van der Waals surface area contributed by atoms with Crippen molar-refractivity contribution in [3.63, 3.8) is 0 Å². The van der Waals surface area contributed by atoms with Crippen molar-refractivity contribution in [3.05, 3.63) is 36.4 Å². The lowest BCUT2D eigenvalue weighted by Gasteiger charge is -2.27. The molecule has 0 spiro atoms. The van der Waals surface area contributed by atoms with E-state index < -0.39 is 23.9 Å². The fourth-order valence-electron chi connectivity index (χ4n) is 5.25. The third-order valence-corrected chi connectivity index (χ3v) is 7.61. The summed E-state index contributed by atoms with van der Waals surface area (Å²) in [4.78, 5) is 53.8. The van der Waals surface area contributed by atoms with E-state index in [0.29, 0.717) is 30.6 Å². The molecule has 0 saturated carbocycles. The molecule has 0 aromatic heterocycles. The molecule has 9 heteroatoms. The van der Waals surface area contributed by atoms with Crippen LogP contribution in [0, 0.1) is 17.8 Å². The van der Waals surface area contributed by atoms with Gasteiger partial charge >= 0.3 is 0 Å². The summed E-state index contributed by atoms with van der Waals surface area (Å²) in [6.07, 6.45) is 8.76. The van der Waals surface area contributed by atoms with E-state index in [1.54, 1.807) is 44.4 Å². The summed E-state index contributed by atoms with van der Waals surface area (Å²) in [6.45, 7) is 12.2. The Bertz CT molecular complexity index is 1030. The molecule has 2 N–H and O–H groups in total. The van der Waals surface area contributed by atoms with E-state index in [4.69, 9.17) is 9.47 Å². The Balaban J connectivity index is 3.00. The smallest absolute Gasteiger partial charge is 0.243 e. The number of ether oxygens (including phenoxy) is 2. The molecule has 0 saturated heterocycles. The molecule has 43 heavy (non-hydrogen) atoms. The molecule has 0 heterocycles. The number of nitrogens with zero attached hydrogens (tertiary/aromatic N) is 1. The molecule has 9 nitrogen and oxygen atoms in total. The number of allylic oxidation sites excluding steroid dienone is 1. The van der Waals surface area contributed by atoms with Crippen LogP contribution in [0.3, 0.4) is 0 Å². The van der Waals surface area contributed by atoms with E-state index in [1.165, 1.54) is 0 Å². The zero-order chi connectivity index (χ0) is 32.4. The lowest BCUT2D eigenvalue weighted by molar-refractivity contribution is -0.136. The maximum absolute atomic E-state index is 13.5. The number of amides is 3. The van der Waals surface area contributed by atoms with Crippen molar-refractivity contribution >= 4 is 24.0 Å². The number of nitrogens with one attached hydrogen (secondary N) is 2. The normalized spacial score (nSPS) is 13.8. The van der Waals surface area contributed by atoms with Crippen LogP contribution in [-0.4, -0.2) is 62.3 Å². The summed E-state index contributed by atoms with van der Waals surface area (Å²) in [5.74, 6) is -0.0337. The third-order valence-electron chi connectivity index (χ3n) is 7.61. The van der Waals surface area contributed by atoms with Gasteiger partial charge in [0.25, 0.3) is 0 Å². The summed E-state index contributed by atoms with van der Waals surface area (Å²) in [6, 6.07) is 3.75. The van der Waals surface area contributed by atoms with Crippen molar-refractivity contribution in [2.24, 2.45) is 17.8 Å². The fourth-order valence-corrected chi connectivity index (χ4v) is 5.25. The van der Waals surface area contributed by atoms with Crippen LogP contribution in [0.1, 0.15) is 91.0 Å². The highest BCUT2D eigenvalue weighted by Gasteiger charge is 2.30. The van der Waals surface area contributed by atoms with Crippen LogP contribution in [0.4, 0.5) is 0 Å². The van der Waals surface area contributed by atoms with Crippen LogP contribution in [0.15, 0.2) is 30.9 Å². The average Bonchev–Trinajstić information content (AvgIpc) is 2.98. The molecule has 242 valence electrons. The molecule has 0 radical (unpaired) electrons. The zero-order valence-electron chi connectivity index (χ0n) is 27.4. The van der Waals surface area contributed by atoms with Crippen LogP contribution in [0.25, 0.3) is 0 Å². The van der Waals surface area contributed by atoms with E-state index >= 15 is 0 Å². The van der Waals surface area contributed by atoms with Gasteiger partial charge in [0.15, 0.2) is 0 Å². The fraction of sp³-hybridized carbons (Fsp3) is 0.647. The van der Waals surface area contributed by atoms with Crippen molar-refractivity contribution in [1.29, 1.82) is 0 Å². The molecule has 0 aliphatic rings. The van der Waals surface area contributed by atoms with Crippen molar-refractivity contribution in [1.82, 2.24) is 15.5 Å². The monoisotopic (exact) mass is 601 g/mol. The molecule has 3 amide bonds. The molecule has 2 unspecified atom stereocenters. The summed E-state index contributed by atoms with van der Waals surface area (Å²) >= 11 is 0. The van der Waals surface area contributed by atoms with Gasteiger partial charge in [-0.2, -0.15) is 0 Å². The van der Waals surface area contributed by atoms with Crippen LogP contribution in [-0.2, 0) is 25.7 Å². The van der Waals surface area contributed by atoms with Gasteiger partial charge < -0.3 is 29.8 Å². The molecule has 1 rings (SSSR count). The predicted molar refractivity (Wildman–Crippen MR) is 171 cm³/mol.